The van der Waals surface area contributed by atoms with Crippen molar-refractivity contribution in [1.29, 1.82) is 0 Å². The fraction of sp³-hybridized carbons (Fsp3) is 0.718. The zero-order chi connectivity index (χ0) is 35.0. The number of halogens is 3. The summed E-state index contributed by atoms with van der Waals surface area (Å²) in [6.45, 7) is 27.1. The molecule has 3 rings (SSSR count). The Kier molecular flexibility index (Phi) is 25.8. The smallest absolute Gasteiger partial charge is 0.372 e. The van der Waals surface area contributed by atoms with Gasteiger partial charge in [-0.1, -0.05) is 157 Å². The Morgan fingerprint density at radius 1 is 0.956 bits per heavy atom. The van der Waals surface area contributed by atoms with E-state index in [0.717, 1.165) is 28.9 Å². The molecule has 0 saturated heterocycles. The van der Waals surface area contributed by atoms with Crippen LogP contribution in [0.3, 0.4) is 0 Å². The molecule has 3 aliphatic rings. The summed E-state index contributed by atoms with van der Waals surface area (Å²) in [6, 6.07) is 0. The summed E-state index contributed by atoms with van der Waals surface area (Å²) in [6.07, 6.45) is 18.1. The van der Waals surface area contributed by atoms with E-state index in [1.807, 2.05) is 27.7 Å². The number of alkyl halides is 3. The fourth-order valence-electron chi connectivity index (χ4n) is 4.85. The van der Waals surface area contributed by atoms with Crippen molar-refractivity contribution in [3.8, 4) is 0 Å². The second-order valence-corrected chi connectivity index (χ2v) is 12.8. The van der Waals surface area contributed by atoms with Crippen molar-refractivity contribution < 1.29 is 18.0 Å². The fourth-order valence-corrected chi connectivity index (χ4v) is 4.85. The van der Waals surface area contributed by atoms with E-state index in [1.165, 1.54) is 83.5 Å². The van der Waals surface area contributed by atoms with Crippen LogP contribution in [0.2, 0.25) is 0 Å². The number of ketones is 1. The number of Topliss-reactive ketones (excluding diaryl/α,β-unsaturated/α-hetero) is 1. The molecule has 2 saturated carbocycles. The van der Waals surface area contributed by atoms with Crippen molar-refractivity contribution in [2.75, 3.05) is 6.54 Å². The number of allylic oxidation sites excluding steroid dienone is 6. The number of hydrogen-bond donors (Lipinski definition) is 2. The van der Waals surface area contributed by atoms with Gasteiger partial charge in [-0.3, -0.25) is 4.79 Å². The maximum atomic E-state index is 12.2. The number of carbonyl (C=O) groups is 1. The second-order valence-electron chi connectivity index (χ2n) is 12.8. The molecule has 2 fully saturated rings. The van der Waals surface area contributed by atoms with Gasteiger partial charge in [-0.15, -0.1) is 0 Å². The molecule has 0 aromatic rings. The van der Waals surface area contributed by atoms with Gasteiger partial charge >= 0.3 is 6.18 Å². The van der Waals surface area contributed by atoms with Crippen LogP contribution in [0, 0.1) is 17.8 Å². The van der Waals surface area contributed by atoms with Gasteiger partial charge in [0.1, 0.15) is 12.2 Å². The topological polar surface area (TPSA) is 41.1 Å². The highest BCUT2D eigenvalue weighted by Gasteiger charge is 2.35. The molecule has 45 heavy (non-hydrogen) atoms. The molecule has 3 aliphatic carbocycles. The van der Waals surface area contributed by atoms with E-state index in [-0.39, 0.29) is 17.0 Å². The molecule has 6 heteroatoms. The quantitative estimate of drug-likeness (QED) is 0.185. The largest absolute Gasteiger partial charge is 0.405 e. The number of rotatable bonds is 10. The molecule has 0 amide bonds. The highest BCUT2D eigenvalue weighted by atomic mass is 19.4. The van der Waals surface area contributed by atoms with Crippen LogP contribution < -0.4 is 10.6 Å². The van der Waals surface area contributed by atoms with E-state index < -0.39 is 18.5 Å². The summed E-state index contributed by atoms with van der Waals surface area (Å²) in [7, 11) is 0. The number of nitrogens with one attached hydrogen (secondary N) is 2. The third kappa shape index (κ3) is 22.0. The molecule has 0 aromatic carbocycles. The minimum Gasteiger partial charge on any atom is -0.372 e. The van der Waals surface area contributed by atoms with Gasteiger partial charge < -0.3 is 10.6 Å². The van der Waals surface area contributed by atoms with Gasteiger partial charge in [-0.2, -0.15) is 13.2 Å². The first-order chi connectivity index (χ1) is 21.2. The molecule has 0 heterocycles. The van der Waals surface area contributed by atoms with Crippen LogP contribution in [-0.4, -0.2) is 18.5 Å². The number of carbonyl (C=O) groups excluding carboxylic acids is 1. The summed E-state index contributed by atoms with van der Waals surface area (Å²) in [5.74, 6) is 2.52. The zero-order valence-corrected chi connectivity index (χ0v) is 30.7. The van der Waals surface area contributed by atoms with E-state index in [0.29, 0.717) is 5.70 Å². The Bertz CT molecular complexity index is 930. The summed E-state index contributed by atoms with van der Waals surface area (Å²) >= 11 is 0. The lowest BCUT2D eigenvalue weighted by Crippen LogP contribution is -2.41. The molecule has 1 unspecified atom stereocenters. The second kappa shape index (κ2) is 25.9. The number of hydrogen-bond acceptors (Lipinski definition) is 3. The average molecular weight is 639 g/mol. The monoisotopic (exact) mass is 639 g/mol. The Morgan fingerprint density at radius 3 is 1.78 bits per heavy atom. The van der Waals surface area contributed by atoms with Gasteiger partial charge in [0, 0.05) is 11.3 Å². The summed E-state index contributed by atoms with van der Waals surface area (Å²) in [4.78, 5) is 11.6. The molecule has 0 aliphatic heterocycles. The summed E-state index contributed by atoms with van der Waals surface area (Å²) < 4.78 is 36.7. The lowest BCUT2D eigenvalue weighted by molar-refractivity contribution is -0.125. The third-order valence-electron chi connectivity index (χ3n) is 8.43. The standard InChI is InChI=1S/C16H19F3N2O.C8H18.C7H14.C6H12.C2H6/c1-6-12(7-10(4)9(2)3)21-13-11(5)15(22)14(13)20-8-16(17,18)19;1-4-6-7-8(3)5-2;1-7-5-3-2-4-6-7;1-6-4-2-3-5-6;1-2/h6-7,20-21H,2,5,8H2,1,3-4H3;8H,4-7H2,1-3H3;7H,2-6H2,1H3;6H,2-5H2,1H3;1-2H3/b10-7-,12-6+;;;;. The summed E-state index contributed by atoms with van der Waals surface area (Å²) in [5, 5.41) is 5.04. The predicted octanol–water partition coefficient (Wildman–Crippen LogP) is 12.5. The van der Waals surface area contributed by atoms with Gasteiger partial charge in [0.2, 0.25) is 5.78 Å². The Balaban J connectivity index is 0. The van der Waals surface area contributed by atoms with Crippen molar-refractivity contribution in [3.63, 3.8) is 0 Å². The minimum atomic E-state index is -4.39. The van der Waals surface area contributed by atoms with E-state index in [2.05, 4.69) is 58.4 Å². The van der Waals surface area contributed by atoms with Crippen molar-refractivity contribution in [2.24, 2.45) is 17.8 Å². The van der Waals surface area contributed by atoms with Crippen LogP contribution >= 0.6 is 0 Å². The highest BCUT2D eigenvalue weighted by molar-refractivity contribution is 6.18. The van der Waals surface area contributed by atoms with E-state index in [4.69, 9.17) is 0 Å². The van der Waals surface area contributed by atoms with E-state index in [9.17, 15) is 18.0 Å². The lowest BCUT2D eigenvalue weighted by Gasteiger charge is -2.27. The van der Waals surface area contributed by atoms with Crippen LogP contribution in [0.15, 0.2) is 59.1 Å². The van der Waals surface area contributed by atoms with Crippen molar-refractivity contribution in [2.45, 2.75) is 159 Å². The third-order valence-corrected chi connectivity index (χ3v) is 8.43. The zero-order valence-electron chi connectivity index (χ0n) is 30.7. The van der Waals surface area contributed by atoms with E-state index in [1.54, 1.807) is 19.1 Å². The maximum absolute atomic E-state index is 12.2. The average Bonchev–Trinajstić information content (AvgIpc) is 3.50. The van der Waals surface area contributed by atoms with Crippen LogP contribution in [0.5, 0.6) is 0 Å². The van der Waals surface area contributed by atoms with Crippen LogP contribution in [0.4, 0.5) is 13.2 Å². The SMILES string of the molecule is C=C1C(=O)C(NCC(F)(F)F)=C1NC(/C=C(/C)C(=C)C)=C/C.CC.CC1CCCC1.CC1CCCCC1.CCCCC(C)CC. The Labute approximate surface area is 276 Å². The van der Waals surface area contributed by atoms with E-state index >= 15 is 0 Å². The molecule has 0 spiro atoms. The molecule has 0 aromatic heterocycles. The van der Waals surface area contributed by atoms with Crippen LogP contribution in [0.25, 0.3) is 0 Å². The van der Waals surface area contributed by atoms with Crippen LogP contribution in [-0.2, 0) is 4.79 Å². The van der Waals surface area contributed by atoms with Gasteiger partial charge in [-0.05, 0) is 50.2 Å². The van der Waals surface area contributed by atoms with Gasteiger partial charge in [0.25, 0.3) is 0 Å². The van der Waals surface area contributed by atoms with Gasteiger partial charge in [-0.25, -0.2) is 0 Å². The predicted molar refractivity (Wildman–Crippen MR) is 191 cm³/mol. The summed E-state index contributed by atoms with van der Waals surface area (Å²) in [5.41, 5.74) is 2.79. The maximum Gasteiger partial charge on any atom is 0.405 e. The molecule has 0 radical (unpaired) electrons. The Hall–Kier alpha value is -2.24. The molecule has 262 valence electrons. The normalized spacial score (nSPS) is 18.1. The van der Waals surface area contributed by atoms with Gasteiger partial charge in [0.15, 0.2) is 0 Å². The molecular formula is C39H69F3N2O. The van der Waals surface area contributed by atoms with Crippen LogP contribution in [0.1, 0.15) is 153 Å². The van der Waals surface area contributed by atoms with Gasteiger partial charge in [0.05, 0.1) is 5.70 Å². The lowest BCUT2D eigenvalue weighted by atomic mass is 9.91. The molecule has 2 N–H and O–H groups in total. The number of unbranched alkanes of at least 4 members (excludes halogenated alkanes) is 1. The molecule has 3 nitrogen and oxygen atoms in total. The first-order valence-corrected chi connectivity index (χ1v) is 17.7. The minimum absolute atomic E-state index is 0.0944. The molecular weight excluding hydrogens is 569 g/mol. The van der Waals surface area contributed by atoms with Crippen molar-refractivity contribution in [3.05, 3.63) is 59.1 Å². The molecule has 0 bridgehead atoms. The van der Waals surface area contributed by atoms with Crippen molar-refractivity contribution >= 4 is 5.78 Å². The van der Waals surface area contributed by atoms with Crippen molar-refractivity contribution in [1.82, 2.24) is 10.6 Å². The highest BCUT2D eigenvalue weighted by Crippen LogP contribution is 2.27. The Morgan fingerprint density at radius 2 is 1.44 bits per heavy atom. The molecule has 1 atom stereocenters. The first kappa shape index (κ1) is 44.9. The first-order valence-electron chi connectivity index (χ1n) is 17.7.